The van der Waals surface area contributed by atoms with Crippen LogP contribution in [0.25, 0.3) is 22.0 Å². The van der Waals surface area contributed by atoms with Gasteiger partial charge in [-0.1, -0.05) is 164 Å². The Hall–Kier alpha value is -9.02. The number of aliphatic carboxylic acids is 1. The van der Waals surface area contributed by atoms with Crippen molar-refractivity contribution in [3.05, 3.63) is 216 Å². The fraction of sp³-hybridized carbons (Fsp3) is 0.281. The predicted molar refractivity (Wildman–Crippen MR) is 307 cm³/mol. The number of benzene rings is 6. The second kappa shape index (κ2) is 25.6. The molecule has 1 heterocycles. The number of ether oxygens (including phenoxy) is 2. The van der Waals surface area contributed by atoms with E-state index in [4.69, 9.17) is 15.2 Å². The number of hydrogen-bond donors (Lipinski definition) is 8. The summed E-state index contributed by atoms with van der Waals surface area (Å²) in [6, 6.07) is 46.6. The molecule has 0 unspecified atom stereocenters. The number of H-pyrrole nitrogens is 1. The van der Waals surface area contributed by atoms with E-state index in [1.807, 2.05) is 185 Å². The van der Waals surface area contributed by atoms with Crippen molar-refractivity contribution >= 4 is 46.6 Å². The zero-order chi connectivity index (χ0) is 57.0. The third-order valence-electron chi connectivity index (χ3n) is 14.3. The van der Waals surface area contributed by atoms with Crippen LogP contribution in [0.3, 0.4) is 0 Å². The Morgan fingerprint density at radius 3 is 1.70 bits per heavy atom. The quantitative estimate of drug-likeness (QED) is 0.0254. The first-order chi connectivity index (χ1) is 38.4. The maximum absolute atomic E-state index is 14.8. The van der Waals surface area contributed by atoms with Crippen molar-refractivity contribution in [2.24, 2.45) is 5.73 Å². The molecule has 0 saturated carbocycles. The summed E-state index contributed by atoms with van der Waals surface area (Å²) in [5, 5.41) is 26.2. The van der Waals surface area contributed by atoms with Gasteiger partial charge < -0.3 is 51.9 Å². The van der Waals surface area contributed by atoms with Crippen LogP contribution in [0.4, 0.5) is 4.79 Å². The Labute approximate surface area is 465 Å². The average Bonchev–Trinajstić information content (AvgIpc) is 4.14. The Balaban J connectivity index is 1.02. The summed E-state index contributed by atoms with van der Waals surface area (Å²) in [5.41, 5.74) is 11.7. The number of rotatable bonds is 25. The molecule has 0 aliphatic heterocycles. The van der Waals surface area contributed by atoms with Gasteiger partial charge in [0.15, 0.2) is 0 Å². The lowest BCUT2D eigenvalue weighted by atomic mass is 9.77. The monoisotopic (exact) mass is 1080 g/mol. The molecule has 0 saturated heterocycles. The normalized spacial score (nSPS) is 14.0. The molecule has 1 aliphatic carbocycles. The summed E-state index contributed by atoms with van der Waals surface area (Å²) in [7, 11) is 0. The van der Waals surface area contributed by atoms with Crippen molar-refractivity contribution in [3.8, 4) is 11.1 Å². The molecule has 0 spiro atoms. The minimum Gasteiger partial charge on any atom is -0.480 e. The molecular weight excluding hydrogens is 1010 g/mol. The molecule has 16 heteroatoms. The first kappa shape index (κ1) is 57.2. The molecule has 8 rings (SSSR count). The summed E-state index contributed by atoms with van der Waals surface area (Å²) in [5.74, 6) is -4.24. The van der Waals surface area contributed by atoms with Gasteiger partial charge in [0.25, 0.3) is 0 Å². The lowest BCUT2D eigenvalue weighted by Gasteiger charge is -2.37. The minimum absolute atomic E-state index is 0.00912. The number of para-hydroxylation sites is 1. The molecule has 9 N–H and O–H groups in total. The lowest BCUT2D eigenvalue weighted by molar-refractivity contribution is -0.142. The molecule has 0 radical (unpaired) electrons. The van der Waals surface area contributed by atoms with E-state index in [0.29, 0.717) is 5.56 Å². The van der Waals surface area contributed by atoms with E-state index in [0.717, 1.165) is 49.8 Å². The SMILES string of the molecule is C=C(N[C@@H](Cc1c[nH]c2ccccc12)C(=O)N[C@@H](CCC(=O)NC(c1ccccc1)(c1ccccc1)c1ccccc1)C(=O)O)[C@@H](NC(=O)[C@H](CCC(N)=O)NC(=O)OCC1c2ccccc2-c2ccccc21)[C@@H](C)OC(C)(C)C. The molecule has 0 fully saturated rings. The number of carboxylic acids is 1. The van der Waals surface area contributed by atoms with Crippen molar-refractivity contribution in [2.75, 3.05) is 6.61 Å². The Bertz CT molecular complexity index is 3180. The maximum atomic E-state index is 14.8. The number of alkyl carbamates (subject to hydrolysis) is 1. The third kappa shape index (κ3) is 13.8. The number of primary amides is 1. The molecule has 414 valence electrons. The molecule has 7 aromatic rings. The van der Waals surface area contributed by atoms with E-state index < -0.39 is 77.1 Å². The van der Waals surface area contributed by atoms with E-state index in [1.165, 1.54) is 0 Å². The lowest BCUT2D eigenvalue weighted by Crippen LogP contribution is -2.57. The van der Waals surface area contributed by atoms with Gasteiger partial charge in [0.1, 0.15) is 30.3 Å². The van der Waals surface area contributed by atoms with Gasteiger partial charge in [0.05, 0.1) is 17.7 Å². The van der Waals surface area contributed by atoms with Gasteiger partial charge in [-0.25, -0.2) is 9.59 Å². The van der Waals surface area contributed by atoms with Crippen molar-refractivity contribution in [2.45, 2.75) is 107 Å². The standard InChI is InChI=1S/C64H69N7O9/c1-40(58(41(2)80-63(3,4)5)70-59(74)53(33-35-56(65)72)69-62(78)79-39-51-49-30-17-15-28-47(49)48-29-16-18-31-50(48)51)67-55(37-42-38-66-52-32-20-19-27-46(42)52)60(75)68-54(61(76)77)34-36-57(73)71-64(43-21-9-6-10-22-43,44-23-11-7-12-24-44)45-25-13-8-14-26-45/h6-32,38,41,51,53-55,58,66-67H,1,33-37,39H2,2-5H3,(H2,65,72)(H,68,75)(H,69,78)(H,70,74)(H,71,73)(H,76,77)/t41-,53+,54+,55+,58-/m1/s1. The van der Waals surface area contributed by atoms with Gasteiger partial charge >= 0.3 is 12.1 Å². The minimum atomic E-state index is -1.53. The fourth-order valence-corrected chi connectivity index (χ4v) is 10.6. The maximum Gasteiger partial charge on any atom is 0.407 e. The van der Waals surface area contributed by atoms with Crippen LogP contribution in [0.15, 0.2) is 182 Å². The average molecular weight is 1080 g/mol. The molecule has 16 nitrogen and oxygen atoms in total. The number of hydrogen-bond acceptors (Lipinski definition) is 9. The molecule has 6 aromatic carbocycles. The smallest absolute Gasteiger partial charge is 0.407 e. The number of nitrogens with two attached hydrogens (primary N) is 1. The zero-order valence-corrected chi connectivity index (χ0v) is 45.4. The summed E-state index contributed by atoms with van der Waals surface area (Å²) in [4.78, 5) is 85.8. The number of nitrogens with one attached hydrogen (secondary N) is 6. The molecular formula is C64H69N7O9. The van der Waals surface area contributed by atoms with Crippen molar-refractivity contribution in [1.29, 1.82) is 0 Å². The molecule has 1 aromatic heterocycles. The van der Waals surface area contributed by atoms with Crippen molar-refractivity contribution in [3.63, 3.8) is 0 Å². The van der Waals surface area contributed by atoms with Crippen LogP contribution in [-0.4, -0.2) is 88.3 Å². The molecule has 5 amide bonds. The summed E-state index contributed by atoms with van der Waals surface area (Å²) in [6.07, 6.45) is -0.957. The zero-order valence-electron chi connectivity index (χ0n) is 45.4. The van der Waals surface area contributed by atoms with Gasteiger partial charge in [0, 0.05) is 48.0 Å². The molecule has 5 atom stereocenters. The summed E-state index contributed by atoms with van der Waals surface area (Å²) < 4.78 is 12.2. The highest BCUT2D eigenvalue weighted by molar-refractivity contribution is 5.90. The van der Waals surface area contributed by atoms with Crippen LogP contribution in [0.1, 0.15) is 92.7 Å². The van der Waals surface area contributed by atoms with Crippen LogP contribution in [0, 0.1) is 0 Å². The van der Waals surface area contributed by atoms with Crippen molar-refractivity contribution < 1.29 is 43.3 Å². The Kier molecular flexibility index (Phi) is 18.3. The number of carboxylic acid groups (broad SMARTS) is 1. The van der Waals surface area contributed by atoms with E-state index in [9.17, 15) is 33.9 Å². The Morgan fingerprint density at radius 2 is 1.15 bits per heavy atom. The van der Waals surface area contributed by atoms with E-state index in [1.54, 1.807) is 13.1 Å². The molecule has 0 bridgehead atoms. The van der Waals surface area contributed by atoms with Crippen LogP contribution in [0.2, 0.25) is 0 Å². The van der Waals surface area contributed by atoms with E-state index >= 15 is 0 Å². The van der Waals surface area contributed by atoms with Gasteiger partial charge in [-0.05, 0) is 91.1 Å². The first-order valence-corrected chi connectivity index (χ1v) is 26.8. The van der Waals surface area contributed by atoms with E-state index in [-0.39, 0.29) is 50.3 Å². The molecule has 1 aliphatic rings. The Morgan fingerprint density at radius 1 is 0.637 bits per heavy atom. The van der Waals surface area contributed by atoms with Crippen LogP contribution in [-0.2, 0) is 45.4 Å². The first-order valence-electron chi connectivity index (χ1n) is 26.8. The highest BCUT2D eigenvalue weighted by atomic mass is 16.5. The number of carbonyl (C=O) groups excluding carboxylic acids is 5. The van der Waals surface area contributed by atoms with Gasteiger partial charge in [0.2, 0.25) is 23.6 Å². The van der Waals surface area contributed by atoms with E-state index in [2.05, 4.69) is 38.1 Å². The van der Waals surface area contributed by atoms with Gasteiger partial charge in [-0.15, -0.1) is 0 Å². The number of aromatic amines is 1. The number of aromatic nitrogens is 1. The highest BCUT2D eigenvalue weighted by Gasteiger charge is 2.39. The van der Waals surface area contributed by atoms with Gasteiger partial charge in [-0.2, -0.15) is 0 Å². The second-order valence-corrected chi connectivity index (χ2v) is 21.1. The summed E-state index contributed by atoms with van der Waals surface area (Å²) in [6.45, 7) is 11.5. The highest BCUT2D eigenvalue weighted by Crippen LogP contribution is 2.44. The predicted octanol–water partition coefficient (Wildman–Crippen LogP) is 8.50. The van der Waals surface area contributed by atoms with Crippen LogP contribution < -0.4 is 32.3 Å². The summed E-state index contributed by atoms with van der Waals surface area (Å²) >= 11 is 0. The van der Waals surface area contributed by atoms with Gasteiger partial charge in [-0.3, -0.25) is 19.2 Å². The second-order valence-electron chi connectivity index (χ2n) is 21.1. The van der Waals surface area contributed by atoms with Crippen LogP contribution >= 0.6 is 0 Å². The van der Waals surface area contributed by atoms with Crippen LogP contribution in [0.5, 0.6) is 0 Å². The van der Waals surface area contributed by atoms with Crippen molar-refractivity contribution in [1.82, 2.24) is 31.6 Å². The third-order valence-corrected chi connectivity index (χ3v) is 14.3. The largest absolute Gasteiger partial charge is 0.480 e. The number of amides is 5. The fourth-order valence-electron chi connectivity index (χ4n) is 10.6. The topological polar surface area (TPSA) is 243 Å². The molecule has 80 heavy (non-hydrogen) atoms. The number of carbonyl (C=O) groups is 6. The number of fused-ring (bicyclic) bond motifs is 4.